The summed E-state index contributed by atoms with van der Waals surface area (Å²) < 4.78 is 34.3. The highest BCUT2D eigenvalue weighted by Gasteiger charge is 2.19. The molecule has 8 heteroatoms. The van der Waals surface area contributed by atoms with Gasteiger partial charge in [0.05, 0.1) is 0 Å². The van der Waals surface area contributed by atoms with E-state index in [0.29, 0.717) is 29.7 Å². The maximum Gasteiger partial charge on any atom is 0.437 e. The Labute approximate surface area is 193 Å². The number of likely N-dealkylation sites (N-methyl/N-ethyl adjacent to an activating group) is 1. The SMILES string of the molecule is [2H]C([2H])([2H])N1CC(=O)OC(CCC)C/C=C\CCCCC(=O)N/C1=N/C(=O)OCc1ccccc1. The van der Waals surface area contributed by atoms with E-state index in [-0.39, 0.29) is 13.0 Å². The molecule has 1 heterocycles. The van der Waals surface area contributed by atoms with E-state index >= 15 is 0 Å². The molecule has 1 N–H and O–H groups in total. The lowest BCUT2D eigenvalue weighted by molar-refractivity contribution is -0.149. The summed E-state index contributed by atoms with van der Waals surface area (Å²) in [6.45, 7) is -1.75. The van der Waals surface area contributed by atoms with Crippen LogP contribution in [0.1, 0.15) is 61.5 Å². The molecule has 0 fully saturated rings. The number of hydrogen-bond acceptors (Lipinski definition) is 5. The summed E-state index contributed by atoms with van der Waals surface area (Å²) >= 11 is 0. The molecule has 1 unspecified atom stereocenters. The van der Waals surface area contributed by atoms with Crippen LogP contribution in [0.4, 0.5) is 4.79 Å². The first-order chi connectivity index (χ1) is 16.7. The smallest absolute Gasteiger partial charge is 0.437 e. The molecule has 174 valence electrons. The van der Waals surface area contributed by atoms with E-state index in [1.54, 1.807) is 24.3 Å². The van der Waals surface area contributed by atoms with Crippen molar-refractivity contribution in [2.45, 2.75) is 64.6 Å². The van der Waals surface area contributed by atoms with Gasteiger partial charge in [-0.3, -0.25) is 14.9 Å². The number of aliphatic imine (C=N–C) groups is 1. The number of carbonyl (C=O) groups is 3. The van der Waals surface area contributed by atoms with Gasteiger partial charge in [-0.1, -0.05) is 55.8 Å². The zero-order valence-electron chi connectivity index (χ0n) is 21.4. The molecular formula is C24H33N3O5. The number of allylic oxidation sites excluding steroid dienone is 1. The van der Waals surface area contributed by atoms with Crippen molar-refractivity contribution in [3.05, 3.63) is 48.0 Å². The second kappa shape index (κ2) is 14.0. The third kappa shape index (κ3) is 9.76. The van der Waals surface area contributed by atoms with E-state index in [1.165, 1.54) is 0 Å². The van der Waals surface area contributed by atoms with Crippen LogP contribution in [0.25, 0.3) is 0 Å². The van der Waals surface area contributed by atoms with Gasteiger partial charge < -0.3 is 14.4 Å². The maximum absolute atomic E-state index is 12.7. The Morgan fingerprint density at radius 1 is 1.28 bits per heavy atom. The van der Waals surface area contributed by atoms with Crippen molar-refractivity contribution < 1.29 is 28.0 Å². The van der Waals surface area contributed by atoms with Crippen LogP contribution in [0, 0.1) is 0 Å². The third-order valence-corrected chi connectivity index (χ3v) is 4.70. The second-order valence-electron chi connectivity index (χ2n) is 7.46. The van der Waals surface area contributed by atoms with E-state index in [2.05, 4.69) is 10.3 Å². The highest BCUT2D eigenvalue weighted by atomic mass is 16.5. The molecule has 0 bridgehead atoms. The molecule has 0 saturated carbocycles. The first kappa shape index (κ1) is 20.7. The van der Waals surface area contributed by atoms with Gasteiger partial charge in [-0.2, -0.15) is 0 Å². The zero-order valence-corrected chi connectivity index (χ0v) is 18.4. The molecule has 2 rings (SSSR count). The first-order valence-corrected chi connectivity index (χ1v) is 10.9. The Morgan fingerprint density at radius 3 is 2.84 bits per heavy atom. The van der Waals surface area contributed by atoms with Crippen molar-refractivity contribution in [1.29, 1.82) is 0 Å². The molecule has 1 aliphatic heterocycles. The molecule has 1 aromatic carbocycles. The number of carbonyl (C=O) groups excluding carboxylic acids is 3. The van der Waals surface area contributed by atoms with E-state index in [9.17, 15) is 14.4 Å². The number of ether oxygens (including phenoxy) is 2. The van der Waals surface area contributed by atoms with E-state index < -0.39 is 43.6 Å². The molecule has 0 aromatic heterocycles. The summed E-state index contributed by atoms with van der Waals surface area (Å²) in [6, 6.07) is 8.86. The summed E-state index contributed by atoms with van der Waals surface area (Å²) in [4.78, 5) is 41.8. The number of hydrogen-bond donors (Lipinski definition) is 1. The monoisotopic (exact) mass is 446 g/mol. The Hall–Kier alpha value is -3.16. The van der Waals surface area contributed by atoms with Gasteiger partial charge in [0.1, 0.15) is 19.3 Å². The average molecular weight is 447 g/mol. The van der Waals surface area contributed by atoms with Crippen LogP contribution in [0.2, 0.25) is 0 Å². The lowest BCUT2D eigenvalue weighted by Crippen LogP contribution is -2.45. The number of nitrogens with one attached hydrogen (secondary N) is 1. The topological polar surface area (TPSA) is 97.3 Å². The molecular weight excluding hydrogens is 410 g/mol. The fourth-order valence-electron chi connectivity index (χ4n) is 3.07. The van der Waals surface area contributed by atoms with Gasteiger partial charge in [-0.15, -0.1) is 4.99 Å². The number of rotatable bonds is 4. The maximum atomic E-state index is 12.7. The lowest BCUT2D eigenvalue weighted by atomic mass is 10.1. The normalized spacial score (nSPS) is 22.9. The van der Waals surface area contributed by atoms with Crippen molar-refractivity contribution in [1.82, 2.24) is 10.2 Å². The highest BCUT2D eigenvalue weighted by Crippen LogP contribution is 2.11. The van der Waals surface area contributed by atoms with Gasteiger partial charge in [-0.05, 0) is 31.2 Å². The molecule has 1 atom stereocenters. The van der Waals surface area contributed by atoms with Crippen LogP contribution >= 0.6 is 0 Å². The Morgan fingerprint density at radius 2 is 2.09 bits per heavy atom. The highest BCUT2D eigenvalue weighted by molar-refractivity contribution is 6.01. The minimum atomic E-state index is -2.89. The Bertz CT molecular complexity index is 903. The van der Waals surface area contributed by atoms with E-state index in [0.717, 1.165) is 19.3 Å². The first-order valence-electron chi connectivity index (χ1n) is 12.4. The van der Waals surface area contributed by atoms with Gasteiger partial charge in [0.2, 0.25) is 11.9 Å². The Kier molecular flexibility index (Phi) is 9.07. The summed E-state index contributed by atoms with van der Waals surface area (Å²) in [5.41, 5.74) is 0.707. The summed E-state index contributed by atoms with van der Waals surface area (Å²) in [6.07, 6.45) is 6.49. The van der Waals surface area contributed by atoms with E-state index in [1.807, 2.05) is 25.1 Å². The van der Waals surface area contributed by atoms with Crippen LogP contribution < -0.4 is 5.32 Å². The minimum Gasteiger partial charge on any atom is -0.461 e. The van der Waals surface area contributed by atoms with Gasteiger partial charge in [0.25, 0.3) is 0 Å². The van der Waals surface area contributed by atoms with Crippen LogP contribution in [0.15, 0.2) is 47.5 Å². The number of nitrogens with zero attached hydrogens (tertiary/aromatic N) is 2. The molecule has 0 spiro atoms. The predicted molar refractivity (Wildman–Crippen MR) is 122 cm³/mol. The van der Waals surface area contributed by atoms with Gasteiger partial charge in [-0.25, -0.2) is 4.79 Å². The van der Waals surface area contributed by atoms with E-state index in [4.69, 9.17) is 13.6 Å². The van der Waals surface area contributed by atoms with Crippen molar-refractivity contribution >= 4 is 23.9 Å². The number of benzene rings is 1. The van der Waals surface area contributed by atoms with Crippen molar-refractivity contribution in [3.63, 3.8) is 0 Å². The van der Waals surface area contributed by atoms with Crippen molar-refractivity contribution in [2.75, 3.05) is 13.5 Å². The number of cyclic esters (lactones) is 1. The van der Waals surface area contributed by atoms with Crippen molar-refractivity contribution in [3.8, 4) is 0 Å². The molecule has 2 amide bonds. The molecule has 0 saturated heterocycles. The number of esters is 1. The quantitative estimate of drug-likeness (QED) is 0.555. The molecule has 32 heavy (non-hydrogen) atoms. The van der Waals surface area contributed by atoms with Crippen LogP contribution in [-0.2, 0) is 25.7 Å². The number of guanidine groups is 1. The Balaban J connectivity index is 2.28. The van der Waals surface area contributed by atoms with Gasteiger partial charge >= 0.3 is 12.1 Å². The summed E-state index contributed by atoms with van der Waals surface area (Å²) in [5.74, 6) is -1.91. The third-order valence-electron chi connectivity index (χ3n) is 4.70. The molecule has 1 aromatic rings. The number of amides is 2. The summed E-state index contributed by atoms with van der Waals surface area (Å²) in [5, 5.41) is 2.38. The van der Waals surface area contributed by atoms with Crippen LogP contribution in [0.5, 0.6) is 0 Å². The standard InChI is InChI=1S/C24H33N3O5/c1-3-12-20-15-10-5-4-6-11-16-21(28)25-23(27(2)17-22(29)32-20)26-24(30)31-18-19-13-8-7-9-14-19/h5,7-10,13-14,20H,3-4,6,11-12,15-18H2,1-2H3,(H,25,26,28,30)/b10-5-/i2D3. The molecule has 0 radical (unpaired) electrons. The van der Waals surface area contributed by atoms with Crippen LogP contribution in [0.3, 0.4) is 0 Å². The fraction of sp³-hybridized carbons (Fsp3) is 0.500. The molecule has 1 aliphatic rings. The lowest BCUT2D eigenvalue weighted by Gasteiger charge is -2.22. The molecule has 0 aliphatic carbocycles. The summed E-state index contributed by atoms with van der Waals surface area (Å²) in [7, 11) is 0. The average Bonchev–Trinajstić information content (AvgIpc) is 2.80. The van der Waals surface area contributed by atoms with Gasteiger partial charge in [0, 0.05) is 23.9 Å². The minimum absolute atomic E-state index is 0.0914. The van der Waals surface area contributed by atoms with Gasteiger partial charge in [0.15, 0.2) is 0 Å². The molecule has 8 nitrogen and oxygen atoms in total. The predicted octanol–water partition coefficient (Wildman–Crippen LogP) is 3.96. The second-order valence-corrected chi connectivity index (χ2v) is 7.46. The van der Waals surface area contributed by atoms with Crippen molar-refractivity contribution in [2.24, 2.45) is 4.99 Å². The zero-order chi connectivity index (χ0) is 25.7. The largest absolute Gasteiger partial charge is 0.461 e. The van der Waals surface area contributed by atoms with Crippen LogP contribution in [-0.4, -0.2) is 48.5 Å². The fourth-order valence-corrected chi connectivity index (χ4v) is 3.07.